The van der Waals surface area contributed by atoms with Crippen LogP contribution in [0.5, 0.6) is 5.75 Å². The van der Waals surface area contributed by atoms with Crippen LogP contribution in [0.4, 0.5) is 0 Å². The number of carbonyl (C=O) groups excluding carboxylic acids is 1. The summed E-state index contributed by atoms with van der Waals surface area (Å²) in [5.41, 5.74) is 2.22. The predicted molar refractivity (Wildman–Crippen MR) is 93.4 cm³/mol. The van der Waals surface area contributed by atoms with E-state index in [-0.39, 0.29) is 19.0 Å². The molecular formula is C19H16ClNO4. The van der Waals surface area contributed by atoms with Crippen molar-refractivity contribution in [3.63, 3.8) is 0 Å². The highest BCUT2D eigenvalue weighted by atomic mass is 35.5. The molecule has 2 aromatic carbocycles. The third kappa shape index (κ3) is 4.61. The largest absolute Gasteiger partial charge is 0.497 e. The number of methoxy groups -OCH3 is 1. The third-order valence-corrected chi connectivity index (χ3v) is 3.81. The van der Waals surface area contributed by atoms with Gasteiger partial charge in [-0.1, -0.05) is 41.0 Å². The zero-order valence-corrected chi connectivity index (χ0v) is 14.3. The Labute approximate surface area is 150 Å². The number of benzene rings is 2. The molecule has 1 aromatic heterocycles. The maximum atomic E-state index is 11.9. The minimum atomic E-state index is -0.340. The first-order valence-electron chi connectivity index (χ1n) is 7.64. The van der Waals surface area contributed by atoms with E-state index in [1.807, 2.05) is 24.3 Å². The molecule has 0 bridgehead atoms. The molecule has 0 aliphatic rings. The Morgan fingerprint density at radius 1 is 1.16 bits per heavy atom. The third-order valence-electron chi connectivity index (χ3n) is 3.56. The minimum absolute atomic E-state index is 0.0554. The number of hydrogen-bond acceptors (Lipinski definition) is 5. The van der Waals surface area contributed by atoms with E-state index in [1.54, 1.807) is 37.4 Å². The van der Waals surface area contributed by atoms with Gasteiger partial charge in [0.2, 0.25) is 0 Å². The molecule has 0 radical (unpaired) electrons. The Hall–Kier alpha value is -2.79. The van der Waals surface area contributed by atoms with Gasteiger partial charge in [-0.2, -0.15) is 0 Å². The van der Waals surface area contributed by atoms with Crippen LogP contribution < -0.4 is 4.74 Å². The van der Waals surface area contributed by atoms with Crippen molar-refractivity contribution in [3.05, 3.63) is 70.9 Å². The fourth-order valence-electron chi connectivity index (χ4n) is 2.27. The first-order valence-corrected chi connectivity index (χ1v) is 8.02. The van der Waals surface area contributed by atoms with E-state index in [9.17, 15) is 4.79 Å². The Kier molecular flexibility index (Phi) is 5.36. The molecule has 0 saturated carbocycles. The van der Waals surface area contributed by atoms with Crippen LogP contribution in [0.2, 0.25) is 5.02 Å². The molecule has 0 spiro atoms. The highest BCUT2D eigenvalue weighted by Crippen LogP contribution is 2.24. The van der Waals surface area contributed by atoms with Crippen molar-refractivity contribution in [1.29, 1.82) is 0 Å². The monoisotopic (exact) mass is 357 g/mol. The molecule has 5 nitrogen and oxygen atoms in total. The number of nitrogens with zero attached hydrogens (tertiary/aromatic N) is 1. The molecule has 6 heteroatoms. The van der Waals surface area contributed by atoms with E-state index >= 15 is 0 Å². The highest BCUT2D eigenvalue weighted by molar-refractivity contribution is 6.30. The second-order valence-corrected chi connectivity index (χ2v) is 5.81. The molecule has 0 atom stereocenters. The van der Waals surface area contributed by atoms with Crippen LogP contribution >= 0.6 is 11.6 Å². The Morgan fingerprint density at radius 2 is 1.96 bits per heavy atom. The van der Waals surface area contributed by atoms with Gasteiger partial charge in [0.25, 0.3) is 0 Å². The molecule has 3 rings (SSSR count). The average Bonchev–Trinajstić information content (AvgIpc) is 3.11. The van der Waals surface area contributed by atoms with Gasteiger partial charge >= 0.3 is 5.97 Å². The van der Waals surface area contributed by atoms with E-state index in [0.29, 0.717) is 16.5 Å². The van der Waals surface area contributed by atoms with Crippen molar-refractivity contribution in [1.82, 2.24) is 5.16 Å². The fourth-order valence-corrected chi connectivity index (χ4v) is 2.39. The Bertz CT molecular complexity index is 858. The summed E-state index contributed by atoms with van der Waals surface area (Å²) >= 11 is 5.82. The van der Waals surface area contributed by atoms with Gasteiger partial charge < -0.3 is 14.0 Å². The van der Waals surface area contributed by atoms with Gasteiger partial charge in [0.15, 0.2) is 5.76 Å². The number of rotatable bonds is 6. The summed E-state index contributed by atoms with van der Waals surface area (Å²) in [6.07, 6.45) is 0.178. The lowest BCUT2D eigenvalue weighted by atomic mass is 10.1. The number of esters is 1. The zero-order valence-electron chi connectivity index (χ0n) is 13.6. The first-order chi connectivity index (χ1) is 12.1. The van der Waals surface area contributed by atoms with E-state index in [2.05, 4.69) is 5.16 Å². The molecule has 1 heterocycles. The van der Waals surface area contributed by atoms with Crippen LogP contribution in [0.25, 0.3) is 11.3 Å². The van der Waals surface area contributed by atoms with Crippen molar-refractivity contribution >= 4 is 17.6 Å². The van der Waals surface area contributed by atoms with Crippen molar-refractivity contribution < 1.29 is 18.8 Å². The zero-order chi connectivity index (χ0) is 17.6. The fraction of sp³-hybridized carbons (Fsp3) is 0.158. The van der Waals surface area contributed by atoms with E-state index in [4.69, 9.17) is 25.6 Å². The lowest BCUT2D eigenvalue weighted by molar-refractivity contribution is -0.144. The number of ether oxygens (including phenoxy) is 2. The molecule has 0 N–H and O–H groups in total. The van der Waals surface area contributed by atoms with Crippen LogP contribution in [0.3, 0.4) is 0 Å². The smallest absolute Gasteiger partial charge is 0.310 e. The summed E-state index contributed by atoms with van der Waals surface area (Å²) in [6, 6.07) is 16.2. The van der Waals surface area contributed by atoms with Crippen molar-refractivity contribution in [2.75, 3.05) is 7.11 Å². The molecule has 0 amide bonds. The second kappa shape index (κ2) is 7.85. The van der Waals surface area contributed by atoms with Crippen LogP contribution in [-0.4, -0.2) is 18.2 Å². The van der Waals surface area contributed by atoms with Gasteiger partial charge in [0, 0.05) is 16.7 Å². The van der Waals surface area contributed by atoms with E-state index in [1.165, 1.54) is 0 Å². The van der Waals surface area contributed by atoms with Gasteiger partial charge in [0.1, 0.15) is 18.1 Å². The van der Waals surface area contributed by atoms with Crippen LogP contribution in [0.15, 0.2) is 59.1 Å². The molecule has 3 aromatic rings. The minimum Gasteiger partial charge on any atom is -0.497 e. The highest BCUT2D eigenvalue weighted by Gasteiger charge is 2.10. The van der Waals surface area contributed by atoms with Gasteiger partial charge in [-0.3, -0.25) is 4.79 Å². The van der Waals surface area contributed by atoms with E-state index < -0.39 is 0 Å². The summed E-state index contributed by atoms with van der Waals surface area (Å²) in [5, 5.41) is 4.56. The van der Waals surface area contributed by atoms with E-state index in [0.717, 1.165) is 16.9 Å². The second-order valence-electron chi connectivity index (χ2n) is 5.38. The lowest BCUT2D eigenvalue weighted by Gasteiger charge is -2.03. The maximum Gasteiger partial charge on any atom is 0.310 e. The van der Waals surface area contributed by atoms with Crippen molar-refractivity contribution in [3.8, 4) is 17.1 Å². The van der Waals surface area contributed by atoms with Gasteiger partial charge in [-0.25, -0.2) is 0 Å². The number of hydrogen-bond donors (Lipinski definition) is 0. The Balaban J connectivity index is 1.57. The molecule has 0 aliphatic carbocycles. The summed E-state index contributed by atoms with van der Waals surface area (Å²) in [7, 11) is 1.60. The van der Waals surface area contributed by atoms with Gasteiger partial charge in [0.05, 0.1) is 13.5 Å². The SMILES string of the molecule is COc1cccc(-c2cc(COC(=O)Cc3ccc(Cl)cc3)no2)c1. The standard InChI is InChI=1S/C19H16ClNO4/c1-23-17-4-2-3-14(10-17)18-11-16(21-25-18)12-24-19(22)9-13-5-7-15(20)8-6-13/h2-8,10-11H,9,12H2,1H3. The summed E-state index contributed by atoms with van der Waals surface area (Å²) < 4.78 is 15.7. The normalized spacial score (nSPS) is 10.5. The number of halogens is 1. The maximum absolute atomic E-state index is 11.9. The lowest BCUT2D eigenvalue weighted by Crippen LogP contribution is -2.08. The Morgan fingerprint density at radius 3 is 2.72 bits per heavy atom. The topological polar surface area (TPSA) is 61.6 Å². The number of carbonyl (C=O) groups is 1. The van der Waals surface area contributed by atoms with Gasteiger partial charge in [-0.05, 0) is 29.8 Å². The molecule has 0 saturated heterocycles. The van der Waals surface area contributed by atoms with Gasteiger partial charge in [-0.15, -0.1) is 0 Å². The van der Waals surface area contributed by atoms with Crippen LogP contribution in [0, 0.1) is 0 Å². The predicted octanol–water partition coefficient (Wildman–Crippen LogP) is 4.29. The quantitative estimate of drug-likeness (QED) is 0.616. The summed E-state index contributed by atoms with van der Waals surface area (Å²) in [6.45, 7) is 0.0554. The molecule has 25 heavy (non-hydrogen) atoms. The van der Waals surface area contributed by atoms with Crippen LogP contribution in [-0.2, 0) is 22.6 Å². The van der Waals surface area contributed by atoms with Crippen LogP contribution in [0.1, 0.15) is 11.3 Å². The summed E-state index contributed by atoms with van der Waals surface area (Å²) in [4.78, 5) is 11.9. The molecule has 0 fully saturated rings. The van der Waals surface area contributed by atoms with Crippen molar-refractivity contribution in [2.24, 2.45) is 0 Å². The first kappa shape index (κ1) is 17.0. The molecule has 0 aliphatic heterocycles. The summed E-state index contributed by atoms with van der Waals surface area (Å²) in [5.74, 6) is 0.973. The van der Waals surface area contributed by atoms with Crippen molar-refractivity contribution in [2.45, 2.75) is 13.0 Å². The number of aromatic nitrogens is 1. The molecule has 0 unspecified atom stereocenters. The molecule has 128 valence electrons. The average molecular weight is 358 g/mol. The molecular weight excluding hydrogens is 342 g/mol.